The maximum Gasteiger partial charge on any atom is 0.292 e. The number of nitro groups is 1. The Balaban J connectivity index is 2.35. The van der Waals surface area contributed by atoms with E-state index in [1.807, 2.05) is 6.92 Å². The van der Waals surface area contributed by atoms with Crippen LogP contribution in [-0.2, 0) is 16.1 Å². The van der Waals surface area contributed by atoms with Gasteiger partial charge >= 0.3 is 0 Å². The van der Waals surface area contributed by atoms with E-state index in [2.05, 4.69) is 5.32 Å². The highest BCUT2D eigenvalue weighted by Crippen LogP contribution is 2.30. The van der Waals surface area contributed by atoms with Crippen molar-refractivity contribution in [3.63, 3.8) is 0 Å². The third-order valence-corrected chi connectivity index (χ3v) is 3.16. The molecule has 0 aliphatic carbocycles. The van der Waals surface area contributed by atoms with E-state index in [1.165, 1.54) is 6.07 Å². The molecule has 1 aromatic carbocycles. The molecule has 0 atom stereocenters. The van der Waals surface area contributed by atoms with Crippen LogP contribution in [0, 0.1) is 10.1 Å². The Kier molecular flexibility index (Phi) is 3.97. The average molecular weight is 277 g/mol. The quantitative estimate of drug-likeness (QED) is 0.502. The third kappa shape index (κ3) is 2.61. The molecule has 2 rings (SSSR count). The number of carbonyl (C=O) groups is 2. The molecule has 0 unspecified atom stereocenters. The first-order chi connectivity index (χ1) is 9.54. The zero-order chi connectivity index (χ0) is 14.7. The van der Waals surface area contributed by atoms with E-state index >= 15 is 0 Å². The Hall–Kier alpha value is -2.44. The molecule has 1 fully saturated rings. The molecule has 0 radical (unpaired) electrons. The number of nitrogens with zero attached hydrogens (tertiary/aromatic N) is 2. The lowest BCUT2D eigenvalue weighted by atomic mass is 10.1. The fraction of sp³-hybridized carbons (Fsp3) is 0.385. The number of carbonyl (C=O) groups excluding carboxylic acids is 2. The minimum Gasteiger partial charge on any atom is -0.379 e. The van der Waals surface area contributed by atoms with E-state index in [9.17, 15) is 19.7 Å². The summed E-state index contributed by atoms with van der Waals surface area (Å²) in [4.78, 5) is 35.0. The van der Waals surface area contributed by atoms with Crippen LogP contribution in [0.4, 0.5) is 11.4 Å². The van der Waals surface area contributed by atoms with Crippen molar-refractivity contribution in [3.05, 3.63) is 33.9 Å². The summed E-state index contributed by atoms with van der Waals surface area (Å²) >= 11 is 0. The summed E-state index contributed by atoms with van der Waals surface area (Å²) in [6, 6.07) is 4.64. The number of benzene rings is 1. The predicted molar refractivity (Wildman–Crippen MR) is 72.1 cm³/mol. The minimum absolute atomic E-state index is 0.0524. The molecule has 1 heterocycles. The Bertz CT molecular complexity index is 555. The summed E-state index contributed by atoms with van der Waals surface area (Å²) in [5.41, 5.74) is 0.889. The van der Waals surface area contributed by atoms with Gasteiger partial charge in [0.1, 0.15) is 5.69 Å². The molecule has 1 aliphatic rings. The third-order valence-electron chi connectivity index (χ3n) is 3.16. The first-order valence-electron chi connectivity index (χ1n) is 6.38. The number of anilines is 1. The maximum atomic E-state index is 11.6. The Morgan fingerprint density at radius 3 is 2.50 bits per heavy atom. The standard InChI is InChI=1S/C13H15N3O4/c1-2-14-13-9(4-3-5-10(13)16(19)20)8-15-11(17)6-7-12(15)18/h3-5,14H,2,6-8H2,1H3. The number of nitro benzene ring substituents is 1. The second-order valence-electron chi connectivity index (χ2n) is 4.47. The van der Waals surface area contributed by atoms with Crippen LogP contribution in [0.25, 0.3) is 0 Å². The van der Waals surface area contributed by atoms with Crippen molar-refractivity contribution < 1.29 is 14.5 Å². The zero-order valence-corrected chi connectivity index (χ0v) is 11.1. The monoisotopic (exact) mass is 277 g/mol. The molecule has 1 saturated heterocycles. The molecule has 7 nitrogen and oxygen atoms in total. The first-order valence-corrected chi connectivity index (χ1v) is 6.38. The SMILES string of the molecule is CCNc1c(CN2C(=O)CCC2=O)cccc1[N+](=O)[O-]. The van der Waals surface area contributed by atoms with Gasteiger partial charge in [-0.1, -0.05) is 12.1 Å². The van der Waals surface area contributed by atoms with Gasteiger partial charge in [0.25, 0.3) is 5.69 Å². The summed E-state index contributed by atoms with van der Waals surface area (Å²) in [5, 5.41) is 14.0. The molecule has 0 saturated carbocycles. The smallest absolute Gasteiger partial charge is 0.292 e. The van der Waals surface area contributed by atoms with Crippen LogP contribution in [0.3, 0.4) is 0 Å². The zero-order valence-electron chi connectivity index (χ0n) is 11.1. The number of imide groups is 1. The second-order valence-corrected chi connectivity index (χ2v) is 4.47. The first kappa shape index (κ1) is 14.0. The van der Waals surface area contributed by atoms with E-state index < -0.39 is 4.92 Å². The largest absolute Gasteiger partial charge is 0.379 e. The summed E-state index contributed by atoms with van der Waals surface area (Å²) < 4.78 is 0. The number of likely N-dealkylation sites (tertiary alicyclic amines) is 1. The van der Waals surface area contributed by atoms with E-state index in [1.54, 1.807) is 12.1 Å². The van der Waals surface area contributed by atoms with Crippen molar-refractivity contribution in [2.75, 3.05) is 11.9 Å². The lowest BCUT2D eigenvalue weighted by molar-refractivity contribution is -0.384. The highest BCUT2D eigenvalue weighted by atomic mass is 16.6. The average Bonchev–Trinajstić information content (AvgIpc) is 2.72. The van der Waals surface area contributed by atoms with E-state index in [-0.39, 0.29) is 36.9 Å². The number of amides is 2. The molecule has 1 N–H and O–H groups in total. The van der Waals surface area contributed by atoms with Gasteiger partial charge in [-0.25, -0.2) is 0 Å². The molecule has 106 valence electrons. The van der Waals surface area contributed by atoms with Crippen LogP contribution in [0.15, 0.2) is 18.2 Å². The highest BCUT2D eigenvalue weighted by molar-refractivity contribution is 6.02. The molecule has 0 bridgehead atoms. The van der Waals surface area contributed by atoms with Crippen LogP contribution in [-0.4, -0.2) is 28.2 Å². The fourth-order valence-corrected chi connectivity index (χ4v) is 2.22. The second kappa shape index (κ2) is 5.68. The molecule has 1 aliphatic heterocycles. The molecule has 7 heteroatoms. The Labute approximate surface area is 115 Å². The minimum atomic E-state index is -0.477. The molecule has 1 aromatic rings. The van der Waals surface area contributed by atoms with Crippen molar-refractivity contribution in [2.24, 2.45) is 0 Å². The molecular weight excluding hydrogens is 262 g/mol. The van der Waals surface area contributed by atoms with E-state index in [0.29, 0.717) is 17.8 Å². The van der Waals surface area contributed by atoms with Gasteiger partial charge in [0.05, 0.1) is 11.5 Å². The molecule has 0 aromatic heterocycles. The Morgan fingerprint density at radius 2 is 1.95 bits per heavy atom. The Morgan fingerprint density at radius 1 is 1.30 bits per heavy atom. The van der Waals surface area contributed by atoms with Crippen molar-refractivity contribution in [2.45, 2.75) is 26.3 Å². The number of nitrogens with one attached hydrogen (secondary N) is 1. The number of para-hydroxylation sites is 1. The predicted octanol–water partition coefficient (Wildman–Crippen LogP) is 1.68. The molecule has 0 spiro atoms. The normalized spacial score (nSPS) is 14.8. The van der Waals surface area contributed by atoms with E-state index in [4.69, 9.17) is 0 Å². The molecule has 2 amide bonds. The van der Waals surface area contributed by atoms with E-state index in [0.717, 1.165) is 4.90 Å². The van der Waals surface area contributed by atoms with Gasteiger partial charge in [0.15, 0.2) is 0 Å². The van der Waals surface area contributed by atoms with Crippen molar-refractivity contribution >= 4 is 23.2 Å². The number of hydrogen-bond donors (Lipinski definition) is 1. The fourth-order valence-electron chi connectivity index (χ4n) is 2.22. The van der Waals surface area contributed by atoms with Crippen molar-refractivity contribution in [1.82, 2.24) is 4.90 Å². The molecular formula is C13H15N3O4. The number of hydrogen-bond acceptors (Lipinski definition) is 5. The summed E-state index contributed by atoms with van der Waals surface area (Å²) in [6.45, 7) is 2.41. The number of rotatable bonds is 5. The van der Waals surface area contributed by atoms with Gasteiger partial charge in [0, 0.05) is 31.0 Å². The highest BCUT2D eigenvalue weighted by Gasteiger charge is 2.30. The van der Waals surface area contributed by atoms with Crippen molar-refractivity contribution in [1.29, 1.82) is 0 Å². The van der Waals surface area contributed by atoms with Gasteiger partial charge in [-0.05, 0) is 6.92 Å². The molecule has 20 heavy (non-hydrogen) atoms. The van der Waals surface area contributed by atoms with Crippen molar-refractivity contribution in [3.8, 4) is 0 Å². The van der Waals surface area contributed by atoms with Gasteiger partial charge in [-0.2, -0.15) is 0 Å². The van der Waals surface area contributed by atoms with Gasteiger partial charge in [-0.15, -0.1) is 0 Å². The van der Waals surface area contributed by atoms with Gasteiger partial charge in [-0.3, -0.25) is 24.6 Å². The lowest BCUT2D eigenvalue weighted by Gasteiger charge is -2.17. The lowest BCUT2D eigenvalue weighted by Crippen LogP contribution is -2.28. The van der Waals surface area contributed by atoms with Crippen LogP contribution in [0.1, 0.15) is 25.3 Å². The van der Waals surface area contributed by atoms with Crippen LogP contribution in [0.2, 0.25) is 0 Å². The topological polar surface area (TPSA) is 92.6 Å². The van der Waals surface area contributed by atoms with Crippen LogP contribution in [0.5, 0.6) is 0 Å². The van der Waals surface area contributed by atoms with Gasteiger partial charge < -0.3 is 5.32 Å². The van der Waals surface area contributed by atoms with Crippen LogP contribution >= 0.6 is 0 Å². The summed E-state index contributed by atoms with van der Waals surface area (Å²) in [5.74, 6) is -0.465. The summed E-state index contributed by atoms with van der Waals surface area (Å²) in [7, 11) is 0. The maximum absolute atomic E-state index is 11.6. The van der Waals surface area contributed by atoms with Gasteiger partial charge in [0.2, 0.25) is 11.8 Å². The van der Waals surface area contributed by atoms with Crippen LogP contribution < -0.4 is 5.32 Å². The summed E-state index contributed by atoms with van der Waals surface area (Å²) in [6.07, 6.45) is 0.425.